The standard InChI is InChI=1S/C18H27NO2/c1-13(2)16-9-5-6-10-17(16)21-15(4)18(20)19-11-7-8-14(3)12-19/h5-6,9-10,13-15H,7-8,11-12H2,1-4H3. The lowest BCUT2D eigenvalue weighted by Gasteiger charge is -2.33. The molecule has 0 N–H and O–H groups in total. The molecule has 1 amide bonds. The van der Waals surface area contributed by atoms with Crippen molar-refractivity contribution in [3.8, 4) is 5.75 Å². The van der Waals surface area contributed by atoms with E-state index in [9.17, 15) is 4.79 Å². The highest BCUT2D eigenvalue weighted by Gasteiger charge is 2.26. The van der Waals surface area contributed by atoms with E-state index in [1.54, 1.807) is 0 Å². The largest absolute Gasteiger partial charge is 0.481 e. The number of carbonyl (C=O) groups is 1. The lowest BCUT2D eigenvalue weighted by molar-refractivity contribution is -0.139. The van der Waals surface area contributed by atoms with Crippen molar-refractivity contribution >= 4 is 5.91 Å². The van der Waals surface area contributed by atoms with E-state index in [4.69, 9.17) is 4.74 Å². The molecule has 1 aromatic carbocycles. The van der Waals surface area contributed by atoms with Crippen LogP contribution < -0.4 is 4.74 Å². The molecule has 0 aliphatic carbocycles. The van der Waals surface area contributed by atoms with Crippen LogP contribution in [0.15, 0.2) is 24.3 Å². The van der Waals surface area contributed by atoms with E-state index in [2.05, 4.69) is 26.8 Å². The van der Waals surface area contributed by atoms with E-state index in [1.165, 1.54) is 6.42 Å². The SMILES string of the molecule is CC1CCCN(C(=O)C(C)Oc2ccccc2C(C)C)C1. The van der Waals surface area contributed by atoms with Crippen molar-refractivity contribution in [2.45, 2.75) is 52.6 Å². The zero-order valence-corrected chi connectivity index (χ0v) is 13.6. The number of benzene rings is 1. The molecule has 1 heterocycles. The maximum atomic E-state index is 12.5. The minimum atomic E-state index is -0.421. The fraction of sp³-hybridized carbons (Fsp3) is 0.611. The summed E-state index contributed by atoms with van der Waals surface area (Å²) in [6.07, 6.45) is 1.90. The number of hydrogen-bond acceptors (Lipinski definition) is 2. The van der Waals surface area contributed by atoms with E-state index in [0.29, 0.717) is 11.8 Å². The van der Waals surface area contributed by atoms with E-state index in [1.807, 2.05) is 30.0 Å². The van der Waals surface area contributed by atoms with Gasteiger partial charge in [0.1, 0.15) is 5.75 Å². The second-order valence-electron chi connectivity index (χ2n) is 6.48. The molecule has 0 aromatic heterocycles. The second-order valence-corrected chi connectivity index (χ2v) is 6.48. The van der Waals surface area contributed by atoms with Gasteiger partial charge in [-0.1, -0.05) is 39.0 Å². The predicted octanol–water partition coefficient (Wildman–Crippen LogP) is 3.84. The molecule has 0 saturated carbocycles. The minimum absolute atomic E-state index is 0.111. The van der Waals surface area contributed by atoms with E-state index in [0.717, 1.165) is 30.8 Å². The zero-order chi connectivity index (χ0) is 15.4. The molecule has 0 radical (unpaired) electrons. The summed E-state index contributed by atoms with van der Waals surface area (Å²) in [7, 11) is 0. The first-order chi connectivity index (χ1) is 9.99. The van der Waals surface area contributed by atoms with Crippen LogP contribution >= 0.6 is 0 Å². The number of hydrogen-bond donors (Lipinski definition) is 0. The summed E-state index contributed by atoms with van der Waals surface area (Å²) in [4.78, 5) is 14.5. The fourth-order valence-electron chi connectivity index (χ4n) is 2.95. The van der Waals surface area contributed by atoms with Gasteiger partial charge >= 0.3 is 0 Å². The minimum Gasteiger partial charge on any atom is -0.481 e. The number of rotatable bonds is 4. The van der Waals surface area contributed by atoms with Crippen LogP contribution in [0.2, 0.25) is 0 Å². The van der Waals surface area contributed by atoms with Gasteiger partial charge in [0.15, 0.2) is 6.10 Å². The highest BCUT2D eigenvalue weighted by Crippen LogP contribution is 2.27. The summed E-state index contributed by atoms with van der Waals surface area (Å²) >= 11 is 0. The van der Waals surface area contributed by atoms with Gasteiger partial charge in [0, 0.05) is 13.1 Å². The maximum absolute atomic E-state index is 12.5. The van der Waals surface area contributed by atoms with Crippen LogP contribution in [-0.2, 0) is 4.79 Å². The third kappa shape index (κ3) is 3.99. The fourth-order valence-corrected chi connectivity index (χ4v) is 2.95. The number of amides is 1. The molecule has 3 nitrogen and oxygen atoms in total. The Morgan fingerprint density at radius 3 is 2.67 bits per heavy atom. The van der Waals surface area contributed by atoms with Crippen LogP contribution in [0.4, 0.5) is 0 Å². The Morgan fingerprint density at radius 1 is 1.29 bits per heavy atom. The number of piperidine rings is 1. The van der Waals surface area contributed by atoms with Gasteiger partial charge in [-0.25, -0.2) is 0 Å². The summed E-state index contributed by atoms with van der Waals surface area (Å²) in [5.41, 5.74) is 1.16. The number of carbonyl (C=O) groups excluding carboxylic acids is 1. The normalized spacial score (nSPS) is 20.4. The molecule has 1 aliphatic heterocycles. The first kappa shape index (κ1) is 15.9. The number of para-hydroxylation sites is 1. The smallest absolute Gasteiger partial charge is 0.263 e. The molecular weight excluding hydrogens is 262 g/mol. The summed E-state index contributed by atoms with van der Waals surface area (Å²) in [5.74, 6) is 1.93. The van der Waals surface area contributed by atoms with Crippen molar-refractivity contribution in [2.24, 2.45) is 5.92 Å². The van der Waals surface area contributed by atoms with E-state index < -0.39 is 6.10 Å². The molecule has 1 aromatic rings. The van der Waals surface area contributed by atoms with Crippen molar-refractivity contribution in [1.82, 2.24) is 4.90 Å². The average molecular weight is 289 g/mol. The monoisotopic (exact) mass is 289 g/mol. The van der Waals surface area contributed by atoms with Gasteiger partial charge in [-0.05, 0) is 43.2 Å². The highest BCUT2D eigenvalue weighted by atomic mass is 16.5. The first-order valence-corrected chi connectivity index (χ1v) is 8.03. The Bertz CT molecular complexity index is 484. The molecule has 3 heteroatoms. The molecule has 1 aliphatic rings. The summed E-state index contributed by atoms with van der Waals surface area (Å²) in [5, 5.41) is 0. The molecule has 2 rings (SSSR count). The molecule has 21 heavy (non-hydrogen) atoms. The van der Waals surface area contributed by atoms with Crippen molar-refractivity contribution < 1.29 is 9.53 Å². The molecule has 1 saturated heterocycles. The summed E-state index contributed by atoms with van der Waals surface area (Å²) in [6.45, 7) is 10.1. The molecule has 1 fully saturated rings. The average Bonchev–Trinajstić information content (AvgIpc) is 2.46. The van der Waals surface area contributed by atoms with Crippen LogP contribution in [0.5, 0.6) is 5.75 Å². The number of likely N-dealkylation sites (tertiary alicyclic amines) is 1. The van der Waals surface area contributed by atoms with Gasteiger partial charge in [0.05, 0.1) is 0 Å². The quantitative estimate of drug-likeness (QED) is 0.843. The maximum Gasteiger partial charge on any atom is 0.263 e. The van der Waals surface area contributed by atoms with Crippen LogP contribution in [-0.4, -0.2) is 30.0 Å². The van der Waals surface area contributed by atoms with Crippen molar-refractivity contribution in [3.63, 3.8) is 0 Å². The van der Waals surface area contributed by atoms with Crippen LogP contribution in [0.25, 0.3) is 0 Å². The topological polar surface area (TPSA) is 29.5 Å². The van der Waals surface area contributed by atoms with E-state index in [-0.39, 0.29) is 5.91 Å². The lowest BCUT2D eigenvalue weighted by Crippen LogP contribution is -2.45. The molecule has 0 spiro atoms. The van der Waals surface area contributed by atoms with Gasteiger partial charge in [-0.2, -0.15) is 0 Å². The van der Waals surface area contributed by atoms with Gasteiger partial charge < -0.3 is 9.64 Å². The van der Waals surface area contributed by atoms with Gasteiger partial charge in [0.25, 0.3) is 5.91 Å². The van der Waals surface area contributed by atoms with Gasteiger partial charge in [0.2, 0.25) is 0 Å². The Labute approximate surface area is 128 Å². The zero-order valence-electron chi connectivity index (χ0n) is 13.6. The van der Waals surface area contributed by atoms with Crippen LogP contribution in [0.1, 0.15) is 52.0 Å². The third-order valence-electron chi connectivity index (χ3n) is 4.16. The number of nitrogens with zero attached hydrogens (tertiary/aromatic N) is 1. The summed E-state index contributed by atoms with van der Waals surface area (Å²) < 4.78 is 5.97. The van der Waals surface area contributed by atoms with Crippen molar-refractivity contribution in [3.05, 3.63) is 29.8 Å². The Morgan fingerprint density at radius 2 is 2.00 bits per heavy atom. The van der Waals surface area contributed by atoms with Crippen molar-refractivity contribution in [1.29, 1.82) is 0 Å². The molecule has 2 unspecified atom stereocenters. The molecule has 0 bridgehead atoms. The Balaban J connectivity index is 2.04. The molecule has 116 valence electrons. The Kier molecular flexibility index (Phi) is 5.27. The third-order valence-corrected chi connectivity index (χ3v) is 4.16. The Hall–Kier alpha value is -1.51. The van der Waals surface area contributed by atoms with Crippen LogP contribution in [0, 0.1) is 5.92 Å². The molecular formula is C18H27NO2. The summed E-state index contributed by atoms with van der Waals surface area (Å²) in [6, 6.07) is 8.00. The van der Waals surface area contributed by atoms with Crippen molar-refractivity contribution in [2.75, 3.05) is 13.1 Å². The lowest BCUT2D eigenvalue weighted by atomic mass is 10.00. The highest BCUT2D eigenvalue weighted by molar-refractivity contribution is 5.81. The molecule has 2 atom stereocenters. The number of ether oxygens (including phenoxy) is 1. The first-order valence-electron chi connectivity index (χ1n) is 8.03. The van der Waals surface area contributed by atoms with Gasteiger partial charge in [-0.3, -0.25) is 4.79 Å². The van der Waals surface area contributed by atoms with Crippen LogP contribution in [0.3, 0.4) is 0 Å². The van der Waals surface area contributed by atoms with Gasteiger partial charge in [-0.15, -0.1) is 0 Å². The predicted molar refractivity (Wildman–Crippen MR) is 85.6 cm³/mol. The van der Waals surface area contributed by atoms with E-state index >= 15 is 0 Å². The second kappa shape index (κ2) is 6.97.